The van der Waals surface area contributed by atoms with Crippen molar-refractivity contribution in [1.29, 1.82) is 0 Å². The second kappa shape index (κ2) is 4.79. The van der Waals surface area contributed by atoms with Crippen LogP contribution in [0.1, 0.15) is 5.56 Å². The number of alkyl halides is 1. The van der Waals surface area contributed by atoms with E-state index < -0.39 is 0 Å². The fourth-order valence-corrected chi connectivity index (χ4v) is 2.17. The van der Waals surface area contributed by atoms with Gasteiger partial charge in [-0.25, -0.2) is 4.98 Å². The maximum atomic E-state index is 5.79. The lowest BCUT2D eigenvalue weighted by Gasteiger charge is -2.04. The van der Waals surface area contributed by atoms with Gasteiger partial charge in [-0.3, -0.25) is 0 Å². The molecule has 0 radical (unpaired) electrons. The maximum absolute atomic E-state index is 5.79. The van der Waals surface area contributed by atoms with E-state index in [0.717, 1.165) is 22.3 Å². The Labute approximate surface area is 111 Å². The van der Waals surface area contributed by atoms with E-state index in [1.807, 2.05) is 30.3 Å². The molecule has 3 aromatic rings. The molecule has 1 aromatic heterocycles. The quantitative estimate of drug-likeness (QED) is 0.606. The van der Waals surface area contributed by atoms with Crippen LogP contribution in [0.2, 0.25) is 0 Å². The van der Waals surface area contributed by atoms with Crippen LogP contribution in [-0.4, -0.2) is 4.98 Å². The van der Waals surface area contributed by atoms with Crippen molar-refractivity contribution in [3.05, 3.63) is 66.2 Å². The highest BCUT2D eigenvalue weighted by Crippen LogP contribution is 2.21. The van der Waals surface area contributed by atoms with Crippen molar-refractivity contribution in [2.24, 2.45) is 0 Å². The summed E-state index contributed by atoms with van der Waals surface area (Å²) in [6.45, 7) is 0. The van der Waals surface area contributed by atoms with E-state index in [1.54, 1.807) is 0 Å². The van der Waals surface area contributed by atoms with Gasteiger partial charge in [-0.15, -0.1) is 11.6 Å². The number of halogens is 1. The summed E-state index contributed by atoms with van der Waals surface area (Å²) in [5.74, 6) is 0.547. The summed E-state index contributed by atoms with van der Waals surface area (Å²) >= 11 is 5.79. The third-order valence-corrected chi connectivity index (χ3v) is 3.31. The Morgan fingerprint density at radius 2 is 1.61 bits per heavy atom. The number of fused-ring (bicyclic) bond motifs is 1. The Bertz CT molecular complexity index is 674. The largest absolute Gasteiger partial charge is 0.248 e. The van der Waals surface area contributed by atoms with Crippen molar-refractivity contribution in [1.82, 2.24) is 4.98 Å². The molecule has 0 fully saturated rings. The van der Waals surface area contributed by atoms with Gasteiger partial charge in [-0.2, -0.15) is 0 Å². The van der Waals surface area contributed by atoms with Crippen molar-refractivity contribution >= 4 is 22.5 Å². The van der Waals surface area contributed by atoms with Crippen molar-refractivity contribution in [2.45, 2.75) is 5.88 Å². The van der Waals surface area contributed by atoms with Crippen LogP contribution in [0.15, 0.2) is 60.7 Å². The summed E-state index contributed by atoms with van der Waals surface area (Å²) in [6, 6.07) is 20.5. The Morgan fingerprint density at radius 3 is 2.39 bits per heavy atom. The number of hydrogen-bond acceptors (Lipinski definition) is 1. The molecule has 18 heavy (non-hydrogen) atoms. The lowest BCUT2D eigenvalue weighted by molar-refractivity contribution is 1.37. The number of hydrogen-bond donors (Lipinski definition) is 0. The van der Waals surface area contributed by atoms with E-state index in [9.17, 15) is 0 Å². The first-order valence-electron chi connectivity index (χ1n) is 5.88. The van der Waals surface area contributed by atoms with Gasteiger partial charge in [0.1, 0.15) is 0 Å². The predicted molar refractivity (Wildman–Crippen MR) is 76.7 cm³/mol. The standard InChI is InChI=1S/C16H12ClN/c17-11-12-5-7-14(8-6-12)16-10-9-13-3-1-2-4-15(13)18-16/h1-10H,11H2. The Kier molecular flexibility index (Phi) is 2.99. The summed E-state index contributed by atoms with van der Waals surface area (Å²) in [4.78, 5) is 4.67. The first-order chi connectivity index (χ1) is 8.86. The summed E-state index contributed by atoms with van der Waals surface area (Å²) in [5, 5.41) is 1.17. The van der Waals surface area contributed by atoms with Gasteiger partial charge in [0.2, 0.25) is 0 Å². The second-order valence-corrected chi connectivity index (χ2v) is 4.49. The zero-order chi connectivity index (χ0) is 12.4. The highest BCUT2D eigenvalue weighted by molar-refractivity contribution is 6.17. The molecule has 88 valence electrons. The van der Waals surface area contributed by atoms with Gasteiger partial charge < -0.3 is 0 Å². The molecule has 0 N–H and O–H groups in total. The van der Waals surface area contributed by atoms with E-state index in [1.165, 1.54) is 5.39 Å². The molecule has 0 atom stereocenters. The van der Waals surface area contributed by atoms with Crippen molar-refractivity contribution in [3.8, 4) is 11.3 Å². The minimum Gasteiger partial charge on any atom is -0.248 e. The van der Waals surface area contributed by atoms with E-state index in [-0.39, 0.29) is 0 Å². The van der Waals surface area contributed by atoms with Crippen LogP contribution in [0.3, 0.4) is 0 Å². The van der Waals surface area contributed by atoms with Gasteiger partial charge in [0, 0.05) is 16.8 Å². The van der Waals surface area contributed by atoms with Crippen LogP contribution in [0.25, 0.3) is 22.2 Å². The molecule has 1 heterocycles. The van der Waals surface area contributed by atoms with E-state index in [0.29, 0.717) is 5.88 Å². The van der Waals surface area contributed by atoms with Gasteiger partial charge in [0.05, 0.1) is 11.2 Å². The van der Waals surface area contributed by atoms with Gasteiger partial charge in [-0.1, -0.05) is 48.5 Å². The van der Waals surface area contributed by atoms with Crippen LogP contribution in [0.4, 0.5) is 0 Å². The number of aromatic nitrogens is 1. The van der Waals surface area contributed by atoms with Gasteiger partial charge in [0.25, 0.3) is 0 Å². The smallest absolute Gasteiger partial charge is 0.0709 e. The zero-order valence-corrected chi connectivity index (χ0v) is 10.6. The highest BCUT2D eigenvalue weighted by Gasteiger charge is 2.01. The molecule has 1 nitrogen and oxygen atoms in total. The Morgan fingerprint density at radius 1 is 0.833 bits per heavy atom. The molecule has 0 aliphatic carbocycles. The average molecular weight is 254 g/mol. The summed E-state index contributed by atoms with van der Waals surface area (Å²) < 4.78 is 0. The molecule has 2 heteroatoms. The molecular formula is C16H12ClN. The number of para-hydroxylation sites is 1. The molecule has 2 aromatic carbocycles. The second-order valence-electron chi connectivity index (χ2n) is 4.22. The number of nitrogens with zero attached hydrogens (tertiary/aromatic N) is 1. The molecule has 0 bridgehead atoms. The van der Waals surface area contributed by atoms with Crippen LogP contribution in [0.5, 0.6) is 0 Å². The lowest BCUT2D eigenvalue weighted by atomic mass is 10.1. The normalized spacial score (nSPS) is 10.7. The Balaban J connectivity index is 2.07. The SMILES string of the molecule is ClCc1ccc(-c2ccc3ccccc3n2)cc1. The zero-order valence-electron chi connectivity index (χ0n) is 9.81. The first-order valence-corrected chi connectivity index (χ1v) is 6.41. The fourth-order valence-electron chi connectivity index (χ4n) is 1.99. The fraction of sp³-hybridized carbons (Fsp3) is 0.0625. The van der Waals surface area contributed by atoms with Crippen LogP contribution >= 0.6 is 11.6 Å². The van der Waals surface area contributed by atoms with Gasteiger partial charge >= 0.3 is 0 Å². The molecule has 0 amide bonds. The summed E-state index contributed by atoms with van der Waals surface area (Å²) in [7, 11) is 0. The minimum absolute atomic E-state index is 0.547. The molecule has 0 saturated carbocycles. The van der Waals surface area contributed by atoms with E-state index in [2.05, 4.69) is 35.3 Å². The number of benzene rings is 2. The molecule has 0 unspecified atom stereocenters. The molecular weight excluding hydrogens is 242 g/mol. The predicted octanol–water partition coefficient (Wildman–Crippen LogP) is 4.64. The van der Waals surface area contributed by atoms with Crippen LogP contribution in [0, 0.1) is 0 Å². The van der Waals surface area contributed by atoms with Crippen LogP contribution in [-0.2, 0) is 5.88 Å². The van der Waals surface area contributed by atoms with Crippen molar-refractivity contribution < 1.29 is 0 Å². The van der Waals surface area contributed by atoms with E-state index >= 15 is 0 Å². The molecule has 0 spiro atoms. The molecule has 0 saturated heterocycles. The first kappa shape index (κ1) is 11.2. The lowest BCUT2D eigenvalue weighted by Crippen LogP contribution is -1.85. The van der Waals surface area contributed by atoms with Gasteiger partial charge in [-0.05, 0) is 17.7 Å². The van der Waals surface area contributed by atoms with Crippen molar-refractivity contribution in [3.63, 3.8) is 0 Å². The Hall–Kier alpha value is -1.86. The minimum atomic E-state index is 0.547. The van der Waals surface area contributed by atoms with E-state index in [4.69, 9.17) is 11.6 Å². The number of rotatable bonds is 2. The maximum Gasteiger partial charge on any atom is 0.0709 e. The number of pyridine rings is 1. The third kappa shape index (κ3) is 2.09. The van der Waals surface area contributed by atoms with Crippen LogP contribution < -0.4 is 0 Å². The highest BCUT2D eigenvalue weighted by atomic mass is 35.5. The third-order valence-electron chi connectivity index (χ3n) is 3.00. The summed E-state index contributed by atoms with van der Waals surface area (Å²) in [6.07, 6.45) is 0. The van der Waals surface area contributed by atoms with Crippen molar-refractivity contribution in [2.75, 3.05) is 0 Å². The topological polar surface area (TPSA) is 12.9 Å². The summed E-state index contributed by atoms with van der Waals surface area (Å²) in [5.41, 5.74) is 4.27. The van der Waals surface area contributed by atoms with Gasteiger partial charge in [0.15, 0.2) is 0 Å². The average Bonchev–Trinajstić information content (AvgIpc) is 2.47. The molecule has 0 aliphatic rings. The molecule has 0 aliphatic heterocycles. The molecule has 3 rings (SSSR count). The monoisotopic (exact) mass is 253 g/mol.